The largest absolute Gasteiger partial charge is 0.321 e. The molecule has 0 aliphatic heterocycles. The molecule has 2 rings (SSSR count). The standard InChI is InChI=1S/C16H24ClN/c1-11-8-15(3,4)10-16(18,9-11)13-6-5-12(2)14(17)7-13/h5-7,11H,8-10,18H2,1-4H3. The van der Waals surface area contributed by atoms with Gasteiger partial charge in [-0.15, -0.1) is 0 Å². The average molecular weight is 266 g/mol. The van der Waals surface area contributed by atoms with E-state index in [9.17, 15) is 0 Å². The van der Waals surface area contributed by atoms with Gasteiger partial charge < -0.3 is 5.73 Å². The number of hydrogen-bond donors (Lipinski definition) is 1. The first-order valence-corrected chi connectivity index (χ1v) is 7.15. The van der Waals surface area contributed by atoms with Crippen LogP contribution in [-0.4, -0.2) is 0 Å². The molecule has 18 heavy (non-hydrogen) atoms. The summed E-state index contributed by atoms with van der Waals surface area (Å²) in [5, 5.41) is 0.827. The summed E-state index contributed by atoms with van der Waals surface area (Å²) in [5.74, 6) is 0.666. The van der Waals surface area contributed by atoms with Gasteiger partial charge in [-0.05, 0) is 54.7 Å². The van der Waals surface area contributed by atoms with Crippen LogP contribution in [0, 0.1) is 18.3 Å². The lowest BCUT2D eigenvalue weighted by molar-refractivity contribution is 0.107. The molecule has 100 valence electrons. The van der Waals surface area contributed by atoms with Crippen molar-refractivity contribution in [3.63, 3.8) is 0 Å². The molecule has 0 spiro atoms. The molecule has 1 aliphatic carbocycles. The van der Waals surface area contributed by atoms with Crippen LogP contribution in [0.1, 0.15) is 51.2 Å². The van der Waals surface area contributed by atoms with Gasteiger partial charge in [0, 0.05) is 10.6 Å². The first kappa shape index (κ1) is 13.9. The van der Waals surface area contributed by atoms with Crippen LogP contribution in [0.3, 0.4) is 0 Å². The fourth-order valence-corrected chi connectivity index (χ4v) is 3.94. The average Bonchev–Trinajstić information content (AvgIpc) is 2.18. The summed E-state index contributed by atoms with van der Waals surface area (Å²) in [6.07, 6.45) is 3.34. The Labute approximate surface area is 116 Å². The van der Waals surface area contributed by atoms with Crippen molar-refractivity contribution in [3.05, 3.63) is 34.3 Å². The summed E-state index contributed by atoms with van der Waals surface area (Å²) < 4.78 is 0. The van der Waals surface area contributed by atoms with E-state index in [0.29, 0.717) is 11.3 Å². The van der Waals surface area contributed by atoms with Gasteiger partial charge in [-0.25, -0.2) is 0 Å². The molecule has 2 unspecified atom stereocenters. The molecule has 0 radical (unpaired) electrons. The van der Waals surface area contributed by atoms with Crippen molar-refractivity contribution in [2.45, 2.75) is 52.5 Å². The van der Waals surface area contributed by atoms with Crippen LogP contribution < -0.4 is 5.73 Å². The van der Waals surface area contributed by atoms with Gasteiger partial charge in [-0.3, -0.25) is 0 Å². The van der Waals surface area contributed by atoms with Crippen molar-refractivity contribution in [2.24, 2.45) is 17.1 Å². The van der Waals surface area contributed by atoms with Crippen LogP contribution in [0.15, 0.2) is 18.2 Å². The summed E-state index contributed by atoms with van der Waals surface area (Å²) in [7, 11) is 0. The Kier molecular flexibility index (Phi) is 3.50. The van der Waals surface area contributed by atoms with E-state index in [0.717, 1.165) is 23.4 Å². The molecule has 1 nitrogen and oxygen atoms in total. The number of nitrogens with two attached hydrogens (primary N) is 1. The van der Waals surface area contributed by atoms with Crippen molar-refractivity contribution < 1.29 is 0 Å². The van der Waals surface area contributed by atoms with Crippen molar-refractivity contribution >= 4 is 11.6 Å². The van der Waals surface area contributed by atoms with Gasteiger partial charge >= 0.3 is 0 Å². The molecule has 1 saturated carbocycles. The normalized spacial score (nSPS) is 31.3. The minimum atomic E-state index is -0.224. The summed E-state index contributed by atoms with van der Waals surface area (Å²) >= 11 is 6.25. The fraction of sp³-hybridized carbons (Fsp3) is 0.625. The van der Waals surface area contributed by atoms with Gasteiger partial charge in [0.05, 0.1) is 0 Å². The highest BCUT2D eigenvalue weighted by Crippen LogP contribution is 2.47. The van der Waals surface area contributed by atoms with E-state index < -0.39 is 0 Å². The fourth-order valence-electron chi connectivity index (χ4n) is 3.76. The van der Waals surface area contributed by atoms with Gasteiger partial charge in [0.15, 0.2) is 0 Å². The molecule has 0 amide bonds. The molecule has 2 heteroatoms. The number of halogens is 1. The van der Waals surface area contributed by atoms with E-state index in [4.69, 9.17) is 17.3 Å². The maximum Gasteiger partial charge on any atom is 0.0438 e. The van der Waals surface area contributed by atoms with Crippen LogP contribution in [0.4, 0.5) is 0 Å². The van der Waals surface area contributed by atoms with Crippen LogP contribution in [-0.2, 0) is 5.54 Å². The van der Waals surface area contributed by atoms with Gasteiger partial charge in [-0.2, -0.15) is 0 Å². The number of benzene rings is 1. The van der Waals surface area contributed by atoms with Crippen molar-refractivity contribution in [1.29, 1.82) is 0 Å². The Morgan fingerprint density at radius 1 is 1.28 bits per heavy atom. The molecule has 0 heterocycles. The van der Waals surface area contributed by atoms with Crippen LogP contribution in [0.25, 0.3) is 0 Å². The Balaban J connectivity index is 2.37. The number of hydrogen-bond acceptors (Lipinski definition) is 1. The van der Waals surface area contributed by atoms with Crippen molar-refractivity contribution in [3.8, 4) is 0 Å². The van der Waals surface area contributed by atoms with Crippen molar-refractivity contribution in [1.82, 2.24) is 0 Å². The van der Waals surface area contributed by atoms with Gasteiger partial charge in [0.1, 0.15) is 0 Å². The van der Waals surface area contributed by atoms with Crippen LogP contribution in [0.2, 0.25) is 5.02 Å². The molecular weight excluding hydrogens is 242 g/mol. The lowest BCUT2D eigenvalue weighted by atomic mass is 9.62. The molecule has 2 N–H and O–H groups in total. The Hall–Kier alpha value is -0.530. The van der Waals surface area contributed by atoms with E-state index in [1.165, 1.54) is 12.0 Å². The van der Waals surface area contributed by atoms with E-state index >= 15 is 0 Å². The monoisotopic (exact) mass is 265 g/mol. The third-order valence-electron chi connectivity index (χ3n) is 4.15. The first-order chi connectivity index (χ1) is 8.22. The van der Waals surface area contributed by atoms with Crippen LogP contribution in [0.5, 0.6) is 0 Å². The minimum Gasteiger partial charge on any atom is -0.321 e. The molecule has 0 aromatic heterocycles. The topological polar surface area (TPSA) is 26.0 Å². The smallest absolute Gasteiger partial charge is 0.0438 e. The van der Waals surface area contributed by atoms with Crippen molar-refractivity contribution in [2.75, 3.05) is 0 Å². The number of rotatable bonds is 1. The molecule has 1 aliphatic rings. The second kappa shape index (κ2) is 4.54. The second-order valence-corrected chi connectivity index (χ2v) is 7.38. The third kappa shape index (κ3) is 2.73. The molecular formula is C16H24ClN. The number of aryl methyl sites for hydroxylation is 1. The predicted molar refractivity (Wildman–Crippen MR) is 78.9 cm³/mol. The van der Waals surface area contributed by atoms with E-state index in [2.05, 4.69) is 39.0 Å². The van der Waals surface area contributed by atoms with Gasteiger partial charge in [0.2, 0.25) is 0 Å². The van der Waals surface area contributed by atoms with E-state index in [-0.39, 0.29) is 5.54 Å². The lowest BCUT2D eigenvalue weighted by Crippen LogP contribution is -2.46. The molecule has 1 fully saturated rings. The van der Waals surface area contributed by atoms with Gasteiger partial charge in [-0.1, -0.05) is 44.5 Å². The molecule has 2 atom stereocenters. The maximum absolute atomic E-state index is 6.71. The zero-order valence-electron chi connectivity index (χ0n) is 11.9. The predicted octanol–water partition coefficient (Wildman–Crippen LogP) is 4.65. The molecule has 0 saturated heterocycles. The van der Waals surface area contributed by atoms with E-state index in [1.807, 2.05) is 6.92 Å². The van der Waals surface area contributed by atoms with Crippen LogP contribution >= 0.6 is 11.6 Å². The second-order valence-electron chi connectivity index (χ2n) is 6.97. The summed E-state index contributed by atoms with van der Waals surface area (Å²) in [6, 6.07) is 6.29. The highest BCUT2D eigenvalue weighted by atomic mass is 35.5. The SMILES string of the molecule is Cc1ccc(C2(N)CC(C)CC(C)(C)C2)cc1Cl. The summed E-state index contributed by atoms with van der Waals surface area (Å²) in [5.41, 5.74) is 9.10. The minimum absolute atomic E-state index is 0.224. The molecule has 0 bridgehead atoms. The van der Waals surface area contributed by atoms with E-state index in [1.54, 1.807) is 0 Å². The highest BCUT2D eigenvalue weighted by molar-refractivity contribution is 6.31. The zero-order chi connectivity index (χ0) is 13.6. The Bertz CT molecular complexity index is 452. The summed E-state index contributed by atoms with van der Waals surface area (Å²) in [4.78, 5) is 0. The summed E-state index contributed by atoms with van der Waals surface area (Å²) in [6.45, 7) is 8.97. The Morgan fingerprint density at radius 2 is 1.94 bits per heavy atom. The van der Waals surface area contributed by atoms with Gasteiger partial charge in [0.25, 0.3) is 0 Å². The first-order valence-electron chi connectivity index (χ1n) is 6.77. The zero-order valence-corrected chi connectivity index (χ0v) is 12.6. The molecule has 1 aromatic rings. The quantitative estimate of drug-likeness (QED) is 0.786. The Morgan fingerprint density at radius 3 is 2.50 bits per heavy atom. The third-order valence-corrected chi connectivity index (χ3v) is 4.56. The molecule has 1 aromatic carbocycles. The lowest BCUT2D eigenvalue weighted by Gasteiger charge is -2.46. The maximum atomic E-state index is 6.71. The highest BCUT2D eigenvalue weighted by Gasteiger charge is 2.41.